The van der Waals surface area contributed by atoms with Crippen molar-refractivity contribution in [3.05, 3.63) is 0 Å². The quantitative estimate of drug-likeness (QED) is 0.676. The molecule has 2 aliphatic carbocycles. The molecule has 2 rings (SSSR count). The lowest BCUT2D eigenvalue weighted by Crippen LogP contribution is -2.37. The Morgan fingerprint density at radius 3 is 2.72 bits per heavy atom. The van der Waals surface area contributed by atoms with Crippen LogP contribution in [0.1, 0.15) is 32.1 Å². The molecule has 0 aliphatic heterocycles. The van der Waals surface area contributed by atoms with Crippen LogP contribution in [0, 0.1) is 17.8 Å². The van der Waals surface area contributed by atoms with Gasteiger partial charge in [0.2, 0.25) is 5.91 Å². The molecule has 1 amide bonds. The number of nitrogens with zero attached hydrogens (tertiary/aromatic N) is 1. The van der Waals surface area contributed by atoms with E-state index in [0.29, 0.717) is 18.4 Å². The van der Waals surface area contributed by atoms with Gasteiger partial charge in [0.15, 0.2) is 0 Å². The molecule has 4 heteroatoms. The first-order valence-electron chi connectivity index (χ1n) is 7.07. The molecule has 2 saturated carbocycles. The summed E-state index contributed by atoms with van der Waals surface area (Å²) in [7, 11) is 1.69. The molecule has 2 bridgehead atoms. The number of halogens is 1. The van der Waals surface area contributed by atoms with Gasteiger partial charge in [-0.2, -0.15) is 0 Å². The Morgan fingerprint density at radius 2 is 2.17 bits per heavy atom. The van der Waals surface area contributed by atoms with Crippen LogP contribution in [0.25, 0.3) is 0 Å². The van der Waals surface area contributed by atoms with Crippen LogP contribution < -0.4 is 0 Å². The minimum Gasteiger partial charge on any atom is -0.383 e. The second kappa shape index (κ2) is 6.90. The molecular weight excluding hydrogens is 294 g/mol. The molecule has 0 spiro atoms. The molecule has 104 valence electrons. The second-order valence-electron chi connectivity index (χ2n) is 5.70. The van der Waals surface area contributed by atoms with E-state index in [4.69, 9.17) is 4.74 Å². The van der Waals surface area contributed by atoms with Crippen molar-refractivity contribution in [1.29, 1.82) is 0 Å². The van der Waals surface area contributed by atoms with Crippen LogP contribution >= 0.6 is 15.9 Å². The summed E-state index contributed by atoms with van der Waals surface area (Å²) in [6.45, 7) is 2.15. The van der Waals surface area contributed by atoms with E-state index >= 15 is 0 Å². The van der Waals surface area contributed by atoms with E-state index < -0.39 is 0 Å². The highest BCUT2D eigenvalue weighted by Crippen LogP contribution is 2.49. The molecule has 0 heterocycles. The lowest BCUT2D eigenvalue weighted by Gasteiger charge is -2.26. The smallest absolute Gasteiger partial charge is 0.222 e. The molecule has 3 nitrogen and oxygen atoms in total. The van der Waals surface area contributed by atoms with Crippen molar-refractivity contribution in [2.24, 2.45) is 17.8 Å². The molecule has 2 fully saturated rings. The predicted octanol–water partition coefficient (Wildman–Crippen LogP) is 2.68. The molecule has 0 aromatic rings. The molecule has 0 aromatic carbocycles. The fraction of sp³-hybridized carbons (Fsp3) is 0.929. The third kappa shape index (κ3) is 3.47. The Balaban J connectivity index is 1.80. The fourth-order valence-electron chi connectivity index (χ4n) is 3.64. The van der Waals surface area contributed by atoms with Gasteiger partial charge in [0.1, 0.15) is 0 Å². The standard InChI is InChI=1S/C14H24BrNO2/c1-18-7-6-16(5-4-15)14(17)10-13-9-11-2-3-12(13)8-11/h11-13H,2-10H2,1H3. The fourth-order valence-corrected chi connectivity index (χ4v) is 4.07. The average Bonchev–Trinajstić information content (AvgIpc) is 2.96. The van der Waals surface area contributed by atoms with E-state index in [0.717, 1.165) is 36.7 Å². The van der Waals surface area contributed by atoms with Gasteiger partial charge >= 0.3 is 0 Å². The summed E-state index contributed by atoms with van der Waals surface area (Å²) >= 11 is 3.42. The van der Waals surface area contributed by atoms with Gasteiger partial charge in [-0.05, 0) is 37.0 Å². The van der Waals surface area contributed by atoms with Crippen LogP contribution in [-0.4, -0.2) is 42.9 Å². The van der Waals surface area contributed by atoms with E-state index in [-0.39, 0.29) is 0 Å². The summed E-state index contributed by atoms with van der Waals surface area (Å²) in [6, 6.07) is 0. The van der Waals surface area contributed by atoms with E-state index in [2.05, 4.69) is 15.9 Å². The van der Waals surface area contributed by atoms with E-state index in [9.17, 15) is 4.79 Å². The van der Waals surface area contributed by atoms with Gasteiger partial charge in [0.05, 0.1) is 6.61 Å². The molecular formula is C14H24BrNO2. The summed E-state index contributed by atoms with van der Waals surface area (Å²) in [5.41, 5.74) is 0. The van der Waals surface area contributed by atoms with Crippen LogP contribution in [-0.2, 0) is 9.53 Å². The summed E-state index contributed by atoms with van der Waals surface area (Å²) in [5.74, 6) is 2.75. The Bertz CT molecular complexity index is 285. The molecule has 18 heavy (non-hydrogen) atoms. The van der Waals surface area contributed by atoms with Gasteiger partial charge < -0.3 is 9.64 Å². The Kier molecular flexibility index (Phi) is 5.49. The molecule has 3 unspecified atom stereocenters. The minimum atomic E-state index is 0.323. The molecule has 0 radical (unpaired) electrons. The van der Waals surface area contributed by atoms with Gasteiger partial charge in [-0.1, -0.05) is 22.4 Å². The van der Waals surface area contributed by atoms with E-state index in [1.54, 1.807) is 7.11 Å². The molecule has 0 saturated heterocycles. The van der Waals surface area contributed by atoms with Crippen LogP contribution in [0.5, 0.6) is 0 Å². The SMILES string of the molecule is COCCN(CCBr)C(=O)CC1CC2CCC1C2. The highest BCUT2D eigenvalue weighted by atomic mass is 79.9. The lowest BCUT2D eigenvalue weighted by atomic mass is 9.86. The topological polar surface area (TPSA) is 29.5 Å². The second-order valence-corrected chi connectivity index (χ2v) is 6.49. The average molecular weight is 318 g/mol. The monoisotopic (exact) mass is 317 g/mol. The number of carbonyl (C=O) groups is 1. The first-order valence-corrected chi connectivity index (χ1v) is 8.19. The summed E-state index contributed by atoms with van der Waals surface area (Å²) in [5, 5.41) is 0.846. The number of methoxy groups -OCH3 is 1. The largest absolute Gasteiger partial charge is 0.383 e. The summed E-state index contributed by atoms with van der Waals surface area (Å²) in [6.07, 6.45) is 6.21. The zero-order valence-electron chi connectivity index (χ0n) is 11.2. The summed E-state index contributed by atoms with van der Waals surface area (Å²) in [4.78, 5) is 14.3. The van der Waals surface area contributed by atoms with E-state index in [1.165, 1.54) is 25.7 Å². The van der Waals surface area contributed by atoms with Crippen molar-refractivity contribution in [2.75, 3.05) is 32.1 Å². The van der Waals surface area contributed by atoms with Gasteiger partial charge in [0, 0.05) is 32.0 Å². The lowest BCUT2D eigenvalue weighted by molar-refractivity contribution is -0.133. The van der Waals surface area contributed by atoms with Crippen LogP contribution in [0.3, 0.4) is 0 Å². The van der Waals surface area contributed by atoms with Crippen molar-refractivity contribution in [2.45, 2.75) is 32.1 Å². The van der Waals surface area contributed by atoms with Gasteiger partial charge in [-0.25, -0.2) is 0 Å². The Labute approximate surface area is 118 Å². The maximum Gasteiger partial charge on any atom is 0.222 e. The number of fused-ring (bicyclic) bond motifs is 2. The summed E-state index contributed by atoms with van der Waals surface area (Å²) < 4.78 is 5.08. The molecule has 3 atom stereocenters. The van der Waals surface area contributed by atoms with Gasteiger partial charge in [-0.3, -0.25) is 4.79 Å². The Hall–Kier alpha value is -0.0900. The van der Waals surface area contributed by atoms with Crippen LogP contribution in [0.4, 0.5) is 0 Å². The van der Waals surface area contributed by atoms with Crippen molar-refractivity contribution < 1.29 is 9.53 Å². The Morgan fingerprint density at radius 1 is 1.33 bits per heavy atom. The maximum absolute atomic E-state index is 12.3. The number of rotatable bonds is 7. The van der Waals surface area contributed by atoms with Crippen molar-refractivity contribution in [3.63, 3.8) is 0 Å². The molecule has 2 aliphatic rings. The number of amides is 1. The van der Waals surface area contributed by atoms with E-state index in [1.807, 2.05) is 4.90 Å². The van der Waals surface area contributed by atoms with Gasteiger partial charge in [-0.15, -0.1) is 0 Å². The van der Waals surface area contributed by atoms with Crippen molar-refractivity contribution in [3.8, 4) is 0 Å². The zero-order valence-corrected chi connectivity index (χ0v) is 12.8. The minimum absolute atomic E-state index is 0.323. The van der Waals surface area contributed by atoms with Crippen LogP contribution in [0.15, 0.2) is 0 Å². The van der Waals surface area contributed by atoms with Gasteiger partial charge in [0.25, 0.3) is 0 Å². The van der Waals surface area contributed by atoms with Crippen LogP contribution in [0.2, 0.25) is 0 Å². The third-order valence-corrected chi connectivity index (χ3v) is 4.95. The van der Waals surface area contributed by atoms with Crippen molar-refractivity contribution >= 4 is 21.8 Å². The number of ether oxygens (including phenoxy) is 1. The maximum atomic E-state index is 12.3. The highest BCUT2D eigenvalue weighted by Gasteiger charge is 2.40. The zero-order chi connectivity index (χ0) is 13.0. The number of carbonyl (C=O) groups excluding carboxylic acids is 1. The predicted molar refractivity (Wildman–Crippen MR) is 75.8 cm³/mol. The molecule has 0 aromatic heterocycles. The number of alkyl halides is 1. The first kappa shape index (κ1) is 14.3. The normalized spacial score (nSPS) is 29.8. The first-order chi connectivity index (χ1) is 8.74. The highest BCUT2D eigenvalue weighted by molar-refractivity contribution is 9.09. The number of hydrogen-bond acceptors (Lipinski definition) is 2. The molecule has 0 N–H and O–H groups in total. The van der Waals surface area contributed by atoms with Crippen molar-refractivity contribution in [1.82, 2.24) is 4.90 Å². The number of hydrogen-bond donors (Lipinski definition) is 0. The third-order valence-electron chi connectivity index (χ3n) is 4.59.